The zero-order valence-electron chi connectivity index (χ0n) is 9.41. The lowest BCUT2D eigenvalue weighted by molar-refractivity contribution is -0.165. The van der Waals surface area contributed by atoms with E-state index < -0.39 is 0 Å². The number of hydrogen-bond donors (Lipinski definition) is 0. The molecule has 2 fully saturated rings. The van der Waals surface area contributed by atoms with Crippen molar-refractivity contribution in [1.82, 2.24) is 0 Å². The SMILES string of the molecule is CCOC1C(=O)CC1OCCC1CCC1. The molecule has 15 heavy (non-hydrogen) atoms. The molecular weight excluding hydrogens is 192 g/mol. The van der Waals surface area contributed by atoms with Gasteiger partial charge >= 0.3 is 0 Å². The molecule has 0 aromatic carbocycles. The average Bonchev–Trinajstić information content (AvgIpc) is 2.16. The number of ketones is 1. The molecule has 2 atom stereocenters. The Morgan fingerprint density at radius 3 is 2.67 bits per heavy atom. The highest BCUT2D eigenvalue weighted by Gasteiger charge is 2.41. The third kappa shape index (κ3) is 2.58. The first kappa shape index (κ1) is 11.1. The highest BCUT2D eigenvalue weighted by molar-refractivity contribution is 5.90. The second-order valence-corrected chi connectivity index (χ2v) is 4.54. The van der Waals surface area contributed by atoms with Crippen LogP contribution in [0.25, 0.3) is 0 Å². The predicted octanol–water partition coefficient (Wildman–Crippen LogP) is 1.94. The normalized spacial score (nSPS) is 31.1. The average molecular weight is 212 g/mol. The Balaban J connectivity index is 1.60. The Hall–Kier alpha value is -0.410. The number of carbonyl (C=O) groups is 1. The third-order valence-electron chi connectivity index (χ3n) is 3.49. The highest BCUT2D eigenvalue weighted by atomic mass is 16.5. The molecule has 0 aliphatic heterocycles. The van der Waals surface area contributed by atoms with Gasteiger partial charge in [0, 0.05) is 19.6 Å². The van der Waals surface area contributed by atoms with Crippen LogP contribution in [0.3, 0.4) is 0 Å². The van der Waals surface area contributed by atoms with Gasteiger partial charge in [0.25, 0.3) is 0 Å². The molecular formula is C12H20O3. The lowest BCUT2D eigenvalue weighted by Gasteiger charge is -2.35. The van der Waals surface area contributed by atoms with Crippen LogP contribution in [-0.4, -0.2) is 31.2 Å². The molecule has 2 unspecified atom stereocenters. The lowest BCUT2D eigenvalue weighted by Crippen LogP contribution is -2.50. The van der Waals surface area contributed by atoms with Crippen LogP contribution in [0.2, 0.25) is 0 Å². The predicted molar refractivity (Wildman–Crippen MR) is 56.7 cm³/mol. The van der Waals surface area contributed by atoms with E-state index in [0.717, 1.165) is 18.9 Å². The van der Waals surface area contributed by atoms with Crippen LogP contribution in [0.1, 0.15) is 39.0 Å². The molecule has 0 spiro atoms. The summed E-state index contributed by atoms with van der Waals surface area (Å²) in [6, 6.07) is 0. The monoisotopic (exact) mass is 212 g/mol. The van der Waals surface area contributed by atoms with Crippen molar-refractivity contribution in [2.45, 2.75) is 51.2 Å². The molecule has 2 saturated carbocycles. The van der Waals surface area contributed by atoms with Crippen LogP contribution < -0.4 is 0 Å². The van der Waals surface area contributed by atoms with Crippen molar-refractivity contribution in [1.29, 1.82) is 0 Å². The summed E-state index contributed by atoms with van der Waals surface area (Å²) >= 11 is 0. The molecule has 0 aromatic rings. The number of rotatable bonds is 6. The van der Waals surface area contributed by atoms with Crippen LogP contribution >= 0.6 is 0 Å². The molecule has 2 rings (SSSR count). The van der Waals surface area contributed by atoms with Crippen molar-refractivity contribution in [2.24, 2.45) is 5.92 Å². The van der Waals surface area contributed by atoms with Crippen LogP contribution in [0, 0.1) is 5.92 Å². The maximum atomic E-state index is 11.2. The highest BCUT2D eigenvalue weighted by Crippen LogP contribution is 2.30. The molecule has 0 N–H and O–H groups in total. The summed E-state index contributed by atoms with van der Waals surface area (Å²) in [7, 11) is 0. The Morgan fingerprint density at radius 1 is 1.33 bits per heavy atom. The van der Waals surface area contributed by atoms with Crippen molar-refractivity contribution < 1.29 is 14.3 Å². The maximum absolute atomic E-state index is 11.2. The topological polar surface area (TPSA) is 35.5 Å². The Bertz CT molecular complexity index is 223. The van der Waals surface area contributed by atoms with Crippen molar-refractivity contribution in [3.8, 4) is 0 Å². The minimum atomic E-state index is -0.267. The zero-order chi connectivity index (χ0) is 10.7. The molecule has 0 bridgehead atoms. The van der Waals surface area contributed by atoms with Gasteiger partial charge in [-0.15, -0.1) is 0 Å². The number of Topliss-reactive ketones (excluding diaryl/α,β-unsaturated/α-hetero) is 1. The minimum Gasteiger partial charge on any atom is -0.375 e. The van der Waals surface area contributed by atoms with Crippen LogP contribution in [0.15, 0.2) is 0 Å². The first-order valence-corrected chi connectivity index (χ1v) is 6.07. The molecule has 86 valence electrons. The number of carbonyl (C=O) groups excluding carboxylic acids is 1. The first-order valence-electron chi connectivity index (χ1n) is 6.07. The fourth-order valence-corrected chi connectivity index (χ4v) is 2.16. The van der Waals surface area contributed by atoms with E-state index in [9.17, 15) is 4.79 Å². The molecule has 0 amide bonds. The molecule has 3 heteroatoms. The zero-order valence-corrected chi connectivity index (χ0v) is 9.41. The molecule has 0 saturated heterocycles. The first-order chi connectivity index (χ1) is 7.31. The fourth-order valence-electron chi connectivity index (χ4n) is 2.16. The van der Waals surface area contributed by atoms with E-state index >= 15 is 0 Å². The van der Waals surface area contributed by atoms with Gasteiger partial charge in [0.1, 0.15) is 6.10 Å². The van der Waals surface area contributed by atoms with E-state index in [1.54, 1.807) is 0 Å². The maximum Gasteiger partial charge on any atom is 0.166 e. The van der Waals surface area contributed by atoms with Crippen molar-refractivity contribution in [2.75, 3.05) is 13.2 Å². The summed E-state index contributed by atoms with van der Waals surface area (Å²) in [5, 5.41) is 0. The van der Waals surface area contributed by atoms with Crippen molar-refractivity contribution in [3.05, 3.63) is 0 Å². The summed E-state index contributed by atoms with van der Waals surface area (Å²) in [5.41, 5.74) is 0. The van der Waals surface area contributed by atoms with Crippen LogP contribution in [0.5, 0.6) is 0 Å². The summed E-state index contributed by atoms with van der Waals surface area (Å²) in [6.45, 7) is 3.31. The van der Waals surface area contributed by atoms with Gasteiger partial charge in [-0.25, -0.2) is 0 Å². The van der Waals surface area contributed by atoms with E-state index in [1.165, 1.54) is 19.3 Å². The van der Waals surface area contributed by atoms with Gasteiger partial charge in [0.05, 0.1) is 6.10 Å². The van der Waals surface area contributed by atoms with E-state index in [-0.39, 0.29) is 18.0 Å². The van der Waals surface area contributed by atoms with Crippen molar-refractivity contribution in [3.63, 3.8) is 0 Å². The van der Waals surface area contributed by atoms with Gasteiger partial charge in [-0.2, -0.15) is 0 Å². The summed E-state index contributed by atoms with van der Waals surface area (Å²) < 4.78 is 11.0. The second-order valence-electron chi connectivity index (χ2n) is 4.54. The second kappa shape index (κ2) is 5.08. The molecule has 3 nitrogen and oxygen atoms in total. The number of hydrogen-bond acceptors (Lipinski definition) is 3. The minimum absolute atomic E-state index is 0.0394. The Labute approximate surface area is 91.1 Å². The Kier molecular flexibility index (Phi) is 3.76. The summed E-state index contributed by atoms with van der Waals surface area (Å²) in [5.74, 6) is 1.08. The van der Waals surface area contributed by atoms with Gasteiger partial charge in [0.15, 0.2) is 5.78 Å². The van der Waals surface area contributed by atoms with Gasteiger partial charge in [0.2, 0.25) is 0 Å². The largest absolute Gasteiger partial charge is 0.375 e. The van der Waals surface area contributed by atoms with Gasteiger partial charge in [-0.05, 0) is 19.3 Å². The smallest absolute Gasteiger partial charge is 0.166 e. The molecule has 2 aliphatic rings. The van der Waals surface area contributed by atoms with Crippen LogP contribution in [-0.2, 0) is 14.3 Å². The molecule has 0 radical (unpaired) electrons. The quantitative estimate of drug-likeness (QED) is 0.675. The summed E-state index contributed by atoms with van der Waals surface area (Å²) in [6.07, 6.45) is 5.59. The van der Waals surface area contributed by atoms with Gasteiger partial charge < -0.3 is 9.47 Å². The van der Waals surface area contributed by atoms with E-state index in [0.29, 0.717) is 13.0 Å². The van der Waals surface area contributed by atoms with Crippen LogP contribution in [0.4, 0.5) is 0 Å². The van der Waals surface area contributed by atoms with Gasteiger partial charge in [-0.1, -0.05) is 19.3 Å². The standard InChI is InChI=1S/C12H20O3/c1-2-14-12-10(13)8-11(12)15-7-6-9-4-3-5-9/h9,11-12H,2-8H2,1H3. The fraction of sp³-hybridized carbons (Fsp3) is 0.917. The summed E-state index contributed by atoms with van der Waals surface area (Å²) in [4.78, 5) is 11.2. The van der Waals surface area contributed by atoms with E-state index in [2.05, 4.69) is 0 Å². The van der Waals surface area contributed by atoms with E-state index in [4.69, 9.17) is 9.47 Å². The van der Waals surface area contributed by atoms with Crippen molar-refractivity contribution >= 4 is 5.78 Å². The molecule has 2 aliphatic carbocycles. The lowest BCUT2D eigenvalue weighted by atomic mass is 9.83. The molecule has 0 heterocycles. The van der Waals surface area contributed by atoms with E-state index in [1.807, 2.05) is 6.92 Å². The third-order valence-corrected chi connectivity index (χ3v) is 3.49. The van der Waals surface area contributed by atoms with Gasteiger partial charge in [-0.3, -0.25) is 4.79 Å². The number of ether oxygens (including phenoxy) is 2. The molecule has 0 aromatic heterocycles. The Morgan fingerprint density at radius 2 is 2.13 bits per heavy atom.